The smallest absolute Gasteiger partial charge is 0.245 e. The number of alkyl halides is 22. The summed E-state index contributed by atoms with van der Waals surface area (Å²) in [6.07, 6.45) is -27.6. The summed E-state index contributed by atoms with van der Waals surface area (Å²) < 4.78 is 229. The van der Waals surface area contributed by atoms with Crippen LogP contribution in [0.4, 0.5) is 87.8 Å². The van der Waals surface area contributed by atoms with Gasteiger partial charge in [0, 0.05) is 10.8 Å². The van der Waals surface area contributed by atoms with E-state index in [0.717, 1.165) is 54.4 Å². The van der Waals surface area contributed by atoms with Gasteiger partial charge in [-0.25, -0.2) is 8.78 Å². The van der Waals surface area contributed by atoms with Gasteiger partial charge in [-0.2, -0.15) is 79.0 Å². The number of halogens is 22. The molecule has 0 saturated heterocycles. The quantitative estimate of drug-likeness (QED) is 0.168. The van der Waals surface area contributed by atoms with Crippen LogP contribution in [0.5, 0.6) is 0 Å². The summed E-state index contributed by atoms with van der Waals surface area (Å²) in [5.74, 6) is -0.368. The Hall–Kier alpha value is -0.820. The molecule has 0 atom stereocenters. The molecule has 0 aliphatic carbocycles. The third kappa shape index (κ3) is 76.8. The highest BCUT2D eigenvalue weighted by Crippen LogP contribution is 2.49. The van der Waals surface area contributed by atoms with Gasteiger partial charge in [0.05, 0.1) is 5.41 Å². The first kappa shape index (κ1) is 80.5. The van der Waals surface area contributed by atoms with Gasteiger partial charge in [0.1, 0.15) is 10.5 Å². The van der Waals surface area contributed by atoms with Crippen LogP contribution in [0.2, 0.25) is 0 Å². The van der Waals surface area contributed by atoms with Crippen molar-refractivity contribution in [2.75, 3.05) is 0 Å². The molecule has 0 heterocycles. The van der Waals surface area contributed by atoms with Crippen LogP contribution in [-0.2, 0) is 0 Å². The van der Waals surface area contributed by atoms with Gasteiger partial charge in [0.15, 0.2) is 11.1 Å². The molecule has 384 valence electrons. The average Bonchev–Trinajstić information content (AvgIpc) is 2.76. The lowest BCUT2D eigenvalue weighted by molar-refractivity contribution is -0.327. The van der Waals surface area contributed by atoms with E-state index in [1.807, 2.05) is 20.8 Å². The van der Waals surface area contributed by atoms with Gasteiger partial charge in [-0.05, 0) is 94.4 Å². The summed E-state index contributed by atoms with van der Waals surface area (Å²) in [4.78, 5) is -2.12. The standard InChI is InChI=1S/C5H6F6.C5H9F3.C5H12.C4H6ClF3.C4H9Cl.C4H6F4.C4H7F3.C4H9F.C4H10/c1-3(2,4(6,7)8)5(9,10)11;1-4(2,3)5(6,7)8;1-5(2,3)4;1-3(2,5)4(6,7)8;1-4(2,3)5;1-3(2,5)4(6,7)8;1-3(2)4(5,6)7;1-4(2,3)5;1-4(2)3/h1-2H3;1-3H3;1-4H3;1-2H3;1-3H3;1-2H3;3H,1-2H3;1-3H3;4H,1-3H3. The number of hydrogen-bond acceptors (Lipinski definition) is 0. The van der Waals surface area contributed by atoms with Crippen LogP contribution >= 0.6 is 23.2 Å². The van der Waals surface area contributed by atoms with E-state index in [2.05, 4.69) is 48.5 Å². The van der Waals surface area contributed by atoms with Crippen molar-refractivity contribution < 1.29 is 87.8 Å². The molecule has 0 N–H and O–H groups in total. The van der Waals surface area contributed by atoms with Crippen LogP contribution in [0.1, 0.15) is 166 Å². The molecule has 0 fully saturated rings. The maximum Gasteiger partial charge on any atom is 0.421 e. The van der Waals surface area contributed by atoms with E-state index in [1.165, 1.54) is 20.8 Å². The molecule has 0 aromatic carbocycles. The van der Waals surface area contributed by atoms with E-state index in [1.54, 1.807) is 0 Å². The summed E-state index contributed by atoms with van der Waals surface area (Å²) in [6.45, 7) is 34.3. The highest BCUT2D eigenvalue weighted by molar-refractivity contribution is 6.24. The van der Waals surface area contributed by atoms with Crippen molar-refractivity contribution >= 4 is 23.2 Å². The second kappa shape index (κ2) is 29.0. The molecule has 0 unspecified atom stereocenters. The molecule has 0 bridgehead atoms. The zero-order chi connectivity index (χ0) is 53.7. The van der Waals surface area contributed by atoms with E-state index in [0.29, 0.717) is 19.3 Å². The predicted molar refractivity (Wildman–Crippen MR) is 212 cm³/mol. The van der Waals surface area contributed by atoms with Crippen LogP contribution in [0.25, 0.3) is 0 Å². The lowest BCUT2D eigenvalue weighted by Gasteiger charge is -2.29. The van der Waals surface area contributed by atoms with E-state index in [-0.39, 0.29) is 18.7 Å². The highest BCUT2D eigenvalue weighted by atomic mass is 35.5. The van der Waals surface area contributed by atoms with Crippen molar-refractivity contribution in [2.24, 2.45) is 28.1 Å². The minimum absolute atomic E-state index is 0.0278. The predicted octanol–water partition coefficient (Wildman–Crippen LogP) is 20.3. The van der Waals surface area contributed by atoms with Gasteiger partial charge in [-0.3, -0.25) is 0 Å². The molecule has 0 aliphatic heterocycles. The Morgan fingerprint density at radius 3 is 0.426 bits per heavy atom. The maximum atomic E-state index is 11.8. The van der Waals surface area contributed by atoms with Gasteiger partial charge in [0.2, 0.25) is 0 Å². The highest BCUT2D eigenvalue weighted by Gasteiger charge is 2.64. The molecular weight excluding hydrogens is 919 g/mol. The average molecular weight is 994 g/mol. The third-order valence-corrected chi connectivity index (χ3v) is 4.48. The van der Waals surface area contributed by atoms with Crippen LogP contribution in [0, 0.1) is 28.1 Å². The lowest BCUT2D eigenvalue weighted by atomic mass is 9.92. The molecule has 0 aliphatic rings. The zero-order valence-corrected chi connectivity index (χ0v) is 41.5. The summed E-state index contributed by atoms with van der Waals surface area (Å²) in [5.41, 5.74) is -8.75. The number of rotatable bonds is 0. The molecule has 0 amide bonds. The van der Waals surface area contributed by atoms with Crippen molar-refractivity contribution in [1.29, 1.82) is 0 Å². The van der Waals surface area contributed by atoms with Gasteiger partial charge in [-0.15, -0.1) is 23.2 Å². The minimum atomic E-state index is -5.24. The van der Waals surface area contributed by atoms with Gasteiger partial charge in [-0.1, -0.05) is 83.1 Å². The number of hydrogen-bond donors (Lipinski definition) is 0. The topological polar surface area (TPSA) is 0 Å². The summed E-state index contributed by atoms with van der Waals surface area (Å²) in [6, 6.07) is 0. The van der Waals surface area contributed by atoms with Crippen molar-refractivity contribution in [1.82, 2.24) is 0 Å². The molecule has 0 saturated carbocycles. The van der Waals surface area contributed by atoms with Gasteiger partial charge >= 0.3 is 37.1 Å². The van der Waals surface area contributed by atoms with E-state index in [4.69, 9.17) is 23.2 Å². The van der Waals surface area contributed by atoms with Crippen LogP contribution < -0.4 is 0 Å². The Morgan fingerprint density at radius 2 is 0.426 bits per heavy atom. The molecule has 0 aromatic heterocycles. The Morgan fingerprint density at radius 1 is 0.328 bits per heavy atom. The molecule has 0 aromatic rings. The second-order valence-electron chi connectivity index (χ2n) is 19.9. The monoisotopic (exact) mass is 992 g/mol. The van der Waals surface area contributed by atoms with E-state index in [9.17, 15) is 87.8 Å². The molecule has 0 spiro atoms. The van der Waals surface area contributed by atoms with Crippen LogP contribution in [0.3, 0.4) is 0 Å². The van der Waals surface area contributed by atoms with Crippen molar-refractivity contribution in [2.45, 2.75) is 224 Å². The minimum Gasteiger partial charge on any atom is -0.245 e. The third-order valence-electron chi connectivity index (χ3n) is 4.27. The normalized spacial score (nSPS) is 13.4. The fraction of sp³-hybridized carbons (Fsp3) is 1.00. The van der Waals surface area contributed by atoms with Gasteiger partial charge in [0.25, 0.3) is 0 Å². The first-order valence-electron chi connectivity index (χ1n) is 18.1. The molecule has 22 heteroatoms. The lowest BCUT2D eigenvalue weighted by Crippen LogP contribution is -2.44. The molecular formula is C39H74Cl2F20. The van der Waals surface area contributed by atoms with Crippen molar-refractivity contribution in [3.63, 3.8) is 0 Å². The van der Waals surface area contributed by atoms with Gasteiger partial charge < -0.3 is 0 Å². The zero-order valence-electron chi connectivity index (χ0n) is 40.0. The fourth-order valence-electron chi connectivity index (χ4n) is 0.161. The van der Waals surface area contributed by atoms with E-state index < -0.39 is 70.0 Å². The first-order valence-corrected chi connectivity index (χ1v) is 18.8. The molecule has 0 radical (unpaired) electrons. The maximum absolute atomic E-state index is 11.8. The Kier molecular flexibility index (Phi) is 38.2. The summed E-state index contributed by atoms with van der Waals surface area (Å²) in [7, 11) is 0. The molecule has 61 heavy (non-hydrogen) atoms. The van der Waals surface area contributed by atoms with Crippen LogP contribution in [0.15, 0.2) is 0 Å². The fourth-order valence-corrected chi connectivity index (χ4v) is 0.161. The first-order chi connectivity index (χ1) is 24.9. The van der Waals surface area contributed by atoms with Crippen molar-refractivity contribution in [3.8, 4) is 0 Å². The molecule has 0 nitrogen and oxygen atoms in total. The summed E-state index contributed by atoms with van der Waals surface area (Å²) in [5, 5.41) is 0. The SMILES string of the molecule is CC(C)(C(F)(F)F)C(F)(F)F.CC(C)(C)C.CC(C)(C)C(F)(F)F.CC(C)(C)Cl.CC(C)(C)F.CC(C)(Cl)C(F)(F)F.CC(C)(F)C(F)(F)F.CC(C)C.CC(C)C(F)(F)F. The second-order valence-corrected chi connectivity index (χ2v) is 21.9. The largest absolute Gasteiger partial charge is 0.421 e. The summed E-state index contributed by atoms with van der Waals surface area (Å²) >= 11 is 10.4. The van der Waals surface area contributed by atoms with Crippen LogP contribution in [-0.4, -0.2) is 58.1 Å². The van der Waals surface area contributed by atoms with E-state index >= 15 is 0 Å². The van der Waals surface area contributed by atoms with Crippen molar-refractivity contribution in [3.05, 3.63) is 0 Å². The Labute approximate surface area is 363 Å². The molecule has 0 rings (SSSR count). The Balaban J connectivity index is -0.0000000724. The Bertz CT molecular complexity index is 861.